The molecule has 0 spiro atoms. The quantitative estimate of drug-likeness (QED) is 0.857. The van der Waals surface area contributed by atoms with Crippen LogP contribution in [0.25, 0.3) is 0 Å². The number of aldehydes is 1. The lowest BCUT2D eigenvalue weighted by Crippen LogP contribution is -2.12. The number of hydrogen-bond acceptors (Lipinski definition) is 5. The van der Waals surface area contributed by atoms with Crippen LogP contribution in [0.1, 0.15) is 10.4 Å². The number of rotatable bonds is 3. The van der Waals surface area contributed by atoms with Crippen molar-refractivity contribution in [2.45, 2.75) is 0 Å². The summed E-state index contributed by atoms with van der Waals surface area (Å²) in [7, 11) is -3.36. The van der Waals surface area contributed by atoms with Crippen LogP contribution in [0, 0.1) is 0 Å². The van der Waals surface area contributed by atoms with Gasteiger partial charge in [0.1, 0.15) is 0 Å². The molecule has 0 aliphatic carbocycles. The van der Waals surface area contributed by atoms with Crippen LogP contribution in [0.4, 0.5) is 5.95 Å². The summed E-state index contributed by atoms with van der Waals surface area (Å²) in [5, 5.41) is 0. The van der Waals surface area contributed by atoms with Gasteiger partial charge in [-0.15, -0.1) is 0 Å². The molecular weight excluding hydrogens is 266 g/mol. The van der Waals surface area contributed by atoms with E-state index < -0.39 is 10.0 Å². The van der Waals surface area contributed by atoms with Crippen molar-refractivity contribution in [3.05, 3.63) is 54.4 Å². The molecule has 19 heavy (non-hydrogen) atoms. The van der Waals surface area contributed by atoms with Gasteiger partial charge in [0.05, 0.1) is 11.8 Å². The summed E-state index contributed by atoms with van der Waals surface area (Å²) in [6.07, 6.45) is 4.02. The Morgan fingerprint density at radius 3 is 1.74 bits per heavy atom. The highest BCUT2D eigenvalue weighted by atomic mass is 32.2. The van der Waals surface area contributed by atoms with Crippen molar-refractivity contribution in [3.8, 4) is 0 Å². The van der Waals surface area contributed by atoms with E-state index in [-0.39, 0.29) is 5.95 Å². The molecule has 0 saturated heterocycles. The molecule has 0 saturated carbocycles. The molecule has 0 aliphatic rings. The fraction of sp³-hybridized carbons (Fsp3) is 0.0833. The van der Waals surface area contributed by atoms with Crippen molar-refractivity contribution in [2.75, 3.05) is 11.0 Å². The molecule has 0 aliphatic heterocycles. The first kappa shape index (κ1) is 14.8. The van der Waals surface area contributed by atoms with Gasteiger partial charge in [-0.2, -0.15) is 0 Å². The number of nitrogens with one attached hydrogen (secondary N) is 1. The molecule has 0 fully saturated rings. The van der Waals surface area contributed by atoms with Crippen LogP contribution in [0.5, 0.6) is 0 Å². The Kier molecular flexibility index (Phi) is 5.62. The monoisotopic (exact) mass is 279 g/mol. The predicted octanol–water partition coefficient (Wildman–Crippen LogP) is 1.35. The molecule has 1 aromatic heterocycles. The average Bonchev–Trinajstić information content (AvgIpc) is 2.40. The minimum Gasteiger partial charge on any atom is -0.298 e. The topological polar surface area (TPSA) is 89.0 Å². The van der Waals surface area contributed by atoms with Crippen molar-refractivity contribution >= 4 is 22.3 Å². The van der Waals surface area contributed by atoms with Gasteiger partial charge in [-0.25, -0.2) is 18.4 Å². The second-order valence-electron chi connectivity index (χ2n) is 3.49. The van der Waals surface area contributed by atoms with Crippen LogP contribution in [-0.4, -0.2) is 30.9 Å². The fourth-order valence-corrected chi connectivity index (χ4v) is 1.44. The smallest absolute Gasteiger partial charge is 0.236 e. The van der Waals surface area contributed by atoms with Crippen molar-refractivity contribution in [2.24, 2.45) is 0 Å². The van der Waals surface area contributed by atoms with Crippen LogP contribution in [0.15, 0.2) is 48.8 Å². The van der Waals surface area contributed by atoms with Crippen LogP contribution in [0.3, 0.4) is 0 Å². The Morgan fingerprint density at radius 2 is 1.42 bits per heavy atom. The van der Waals surface area contributed by atoms with E-state index in [1.54, 1.807) is 0 Å². The molecule has 1 N–H and O–H groups in total. The van der Waals surface area contributed by atoms with Gasteiger partial charge in [-0.1, -0.05) is 36.4 Å². The van der Waals surface area contributed by atoms with E-state index in [0.717, 1.165) is 6.26 Å². The number of nitrogens with zero attached hydrogens (tertiary/aromatic N) is 2. The van der Waals surface area contributed by atoms with E-state index in [0.29, 0.717) is 11.8 Å². The van der Waals surface area contributed by atoms with E-state index in [9.17, 15) is 13.2 Å². The minimum absolute atomic E-state index is 0.0481. The van der Waals surface area contributed by atoms with Crippen LogP contribution >= 0.6 is 0 Å². The third-order valence-corrected chi connectivity index (χ3v) is 2.30. The number of aromatic nitrogens is 2. The first-order chi connectivity index (χ1) is 9.01. The Hall–Kier alpha value is -2.28. The summed E-state index contributed by atoms with van der Waals surface area (Å²) in [6.45, 7) is 0. The zero-order valence-electron chi connectivity index (χ0n) is 10.2. The summed E-state index contributed by atoms with van der Waals surface area (Å²) >= 11 is 0. The normalized spacial score (nSPS) is 9.95. The number of anilines is 1. The number of carbonyl (C=O) groups is 1. The molecule has 7 heteroatoms. The van der Waals surface area contributed by atoms with Gasteiger partial charge in [0.15, 0.2) is 6.29 Å². The SMILES string of the molecule is CS(=O)(=O)Nc1ncc(C=O)cn1.c1ccccc1. The van der Waals surface area contributed by atoms with E-state index >= 15 is 0 Å². The molecule has 0 atom stereocenters. The van der Waals surface area contributed by atoms with Gasteiger partial charge in [0.25, 0.3) is 0 Å². The van der Waals surface area contributed by atoms with Crippen LogP contribution in [-0.2, 0) is 10.0 Å². The van der Waals surface area contributed by atoms with Crippen molar-refractivity contribution in [3.63, 3.8) is 0 Å². The van der Waals surface area contributed by atoms with Crippen LogP contribution < -0.4 is 4.72 Å². The molecule has 0 unspecified atom stereocenters. The molecule has 0 amide bonds. The lowest BCUT2D eigenvalue weighted by Gasteiger charge is -1.99. The molecule has 100 valence electrons. The molecule has 2 aromatic rings. The maximum absolute atomic E-state index is 10.7. The van der Waals surface area contributed by atoms with E-state index in [1.165, 1.54) is 12.4 Å². The second-order valence-corrected chi connectivity index (χ2v) is 5.24. The summed E-state index contributed by atoms with van der Waals surface area (Å²) in [5.41, 5.74) is 0.291. The fourth-order valence-electron chi connectivity index (χ4n) is 1.00. The maximum Gasteiger partial charge on any atom is 0.236 e. The largest absolute Gasteiger partial charge is 0.298 e. The molecular formula is C12H13N3O3S. The summed E-state index contributed by atoms with van der Waals surface area (Å²) in [4.78, 5) is 17.4. The highest BCUT2D eigenvalue weighted by Gasteiger charge is 2.03. The Balaban J connectivity index is 0.000000250. The van der Waals surface area contributed by atoms with Gasteiger partial charge >= 0.3 is 0 Å². The van der Waals surface area contributed by atoms with Crippen molar-refractivity contribution < 1.29 is 13.2 Å². The zero-order chi connectivity index (χ0) is 14.1. The van der Waals surface area contributed by atoms with Crippen LogP contribution in [0.2, 0.25) is 0 Å². The standard InChI is InChI=1S/C6H7N3O3S.C6H6/c1-13(11,12)9-6-7-2-5(4-10)3-8-6;1-2-4-6-5-3-1/h2-4H,1H3,(H,7,8,9);1-6H. The van der Waals surface area contributed by atoms with Gasteiger partial charge < -0.3 is 0 Å². The molecule has 0 radical (unpaired) electrons. The number of sulfonamides is 1. The van der Waals surface area contributed by atoms with Gasteiger partial charge in [0, 0.05) is 12.4 Å². The third-order valence-electron chi connectivity index (χ3n) is 1.75. The Morgan fingerprint density at radius 1 is 1.00 bits per heavy atom. The summed E-state index contributed by atoms with van der Waals surface area (Å²) < 4.78 is 23.5. The number of benzene rings is 1. The first-order valence-electron chi connectivity index (χ1n) is 5.26. The lowest BCUT2D eigenvalue weighted by molar-refractivity contribution is 0.112. The molecule has 2 rings (SSSR count). The molecule has 0 bridgehead atoms. The molecule has 1 aromatic carbocycles. The number of carbonyl (C=O) groups excluding carboxylic acids is 1. The van der Waals surface area contributed by atoms with E-state index in [2.05, 4.69) is 14.7 Å². The van der Waals surface area contributed by atoms with Gasteiger partial charge in [0.2, 0.25) is 16.0 Å². The van der Waals surface area contributed by atoms with E-state index in [4.69, 9.17) is 0 Å². The molecule has 6 nitrogen and oxygen atoms in total. The highest BCUT2D eigenvalue weighted by molar-refractivity contribution is 7.91. The minimum atomic E-state index is -3.36. The summed E-state index contributed by atoms with van der Waals surface area (Å²) in [6, 6.07) is 12.0. The van der Waals surface area contributed by atoms with Gasteiger partial charge in [-0.05, 0) is 0 Å². The van der Waals surface area contributed by atoms with Crippen molar-refractivity contribution in [1.82, 2.24) is 9.97 Å². The number of hydrogen-bond donors (Lipinski definition) is 1. The second kappa shape index (κ2) is 7.22. The predicted molar refractivity (Wildman–Crippen MR) is 72.3 cm³/mol. The zero-order valence-corrected chi connectivity index (χ0v) is 11.0. The maximum atomic E-state index is 10.7. The Labute approximate surface area is 111 Å². The molecule has 1 heterocycles. The highest BCUT2D eigenvalue weighted by Crippen LogP contribution is 1.99. The third kappa shape index (κ3) is 6.89. The average molecular weight is 279 g/mol. The van der Waals surface area contributed by atoms with E-state index in [1.807, 2.05) is 36.4 Å². The van der Waals surface area contributed by atoms with Crippen molar-refractivity contribution in [1.29, 1.82) is 0 Å². The first-order valence-corrected chi connectivity index (χ1v) is 7.15. The Bertz CT molecular complexity index is 571. The van der Waals surface area contributed by atoms with Gasteiger partial charge in [-0.3, -0.25) is 9.52 Å². The summed E-state index contributed by atoms with van der Waals surface area (Å²) in [5.74, 6) is -0.0481. The lowest BCUT2D eigenvalue weighted by atomic mass is 10.4.